The normalized spacial score (nSPS) is 26.2. The molecule has 2 heteroatoms. The number of hydrogen-bond acceptors (Lipinski definition) is 2. The summed E-state index contributed by atoms with van der Waals surface area (Å²) in [5.74, 6) is 1.96. The van der Waals surface area contributed by atoms with Gasteiger partial charge in [-0.1, -0.05) is 51.1 Å². The summed E-state index contributed by atoms with van der Waals surface area (Å²) >= 11 is 2.11. The zero-order valence-electron chi connectivity index (χ0n) is 11.7. The maximum Gasteiger partial charge on any atom is 0.0346 e. The summed E-state index contributed by atoms with van der Waals surface area (Å²) in [6.07, 6.45) is 2.68. The average Bonchev–Trinajstić information content (AvgIpc) is 2.38. The summed E-state index contributed by atoms with van der Waals surface area (Å²) in [4.78, 5) is 0. The van der Waals surface area contributed by atoms with Crippen molar-refractivity contribution in [2.75, 3.05) is 5.75 Å². The second kappa shape index (κ2) is 6.63. The SMILES string of the molecule is CC(C)C(NC1CCCSC1C)c1ccccc1. The molecule has 1 saturated heterocycles. The molecule has 3 atom stereocenters. The van der Waals surface area contributed by atoms with Gasteiger partial charge in [-0.15, -0.1) is 0 Å². The lowest BCUT2D eigenvalue weighted by molar-refractivity contribution is 0.340. The van der Waals surface area contributed by atoms with E-state index in [1.54, 1.807) is 0 Å². The van der Waals surface area contributed by atoms with Crippen molar-refractivity contribution in [3.8, 4) is 0 Å². The van der Waals surface area contributed by atoms with Crippen LogP contribution >= 0.6 is 11.8 Å². The van der Waals surface area contributed by atoms with Crippen molar-refractivity contribution in [3.63, 3.8) is 0 Å². The maximum atomic E-state index is 3.90. The molecule has 1 nitrogen and oxygen atoms in total. The lowest BCUT2D eigenvalue weighted by Gasteiger charge is -2.34. The first-order valence-corrected chi connectivity index (χ1v) is 8.16. The Bertz CT molecular complexity index is 349. The standard InChI is InChI=1S/C16H25NS/c1-12(2)16(14-8-5-4-6-9-14)17-15-10-7-11-18-13(15)3/h4-6,8-9,12-13,15-17H,7,10-11H2,1-3H3. The van der Waals surface area contributed by atoms with E-state index in [1.807, 2.05) is 0 Å². The highest BCUT2D eigenvalue weighted by Crippen LogP contribution is 2.29. The second-order valence-corrected chi connectivity index (χ2v) is 7.11. The van der Waals surface area contributed by atoms with E-state index in [4.69, 9.17) is 0 Å². The molecule has 1 N–H and O–H groups in total. The van der Waals surface area contributed by atoms with Crippen LogP contribution in [0.5, 0.6) is 0 Å². The van der Waals surface area contributed by atoms with E-state index in [0.29, 0.717) is 18.0 Å². The third kappa shape index (κ3) is 3.52. The van der Waals surface area contributed by atoms with E-state index in [1.165, 1.54) is 24.2 Å². The largest absolute Gasteiger partial charge is 0.306 e. The molecule has 0 bridgehead atoms. The van der Waals surface area contributed by atoms with E-state index in [2.05, 4.69) is 68.2 Å². The maximum absolute atomic E-state index is 3.90. The fraction of sp³-hybridized carbons (Fsp3) is 0.625. The first-order chi connectivity index (χ1) is 8.68. The van der Waals surface area contributed by atoms with Crippen molar-refractivity contribution >= 4 is 11.8 Å². The average molecular weight is 263 g/mol. The third-order valence-electron chi connectivity index (χ3n) is 3.83. The topological polar surface area (TPSA) is 12.0 Å². The van der Waals surface area contributed by atoms with Crippen LogP contribution in [0.25, 0.3) is 0 Å². The molecule has 0 radical (unpaired) electrons. The van der Waals surface area contributed by atoms with Gasteiger partial charge >= 0.3 is 0 Å². The van der Waals surface area contributed by atoms with Crippen molar-refractivity contribution in [2.24, 2.45) is 5.92 Å². The van der Waals surface area contributed by atoms with Gasteiger partial charge in [0.1, 0.15) is 0 Å². The molecule has 1 heterocycles. The van der Waals surface area contributed by atoms with Crippen LogP contribution in [-0.4, -0.2) is 17.0 Å². The Hall–Kier alpha value is -0.470. The van der Waals surface area contributed by atoms with Crippen LogP contribution in [0.4, 0.5) is 0 Å². The van der Waals surface area contributed by atoms with E-state index in [0.717, 1.165) is 5.25 Å². The van der Waals surface area contributed by atoms with Crippen molar-refractivity contribution in [3.05, 3.63) is 35.9 Å². The number of thioether (sulfide) groups is 1. The summed E-state index contributed by atoms with van der Waals surface area (Å²) in [6.45, 7) is 6.99. The first kappa shape index (κ1) is 14.0. The van der Waals surface area contributed by atoms with Gasteiger partial charge in [-0.05, 0) is 30.1 Å². The zero-order valence-corrected chi connectivity index (χ0v) is 12.5. The van der Waals surface area contributed by atoms with Crippen LogP contribution in [0.15, 0.2) is 30.3 Å². The molecular weight excluding hydrogens is 238 g/mol. The van der Waals surface area contributed by atoms with E-state index < -0.39 is 0 Å². The zero-order chi connectivity index (χ0) is 13.0. The van der Waals surface area contributed by atoms with Crippen molar-refractivity contribution in [2.45, 2.75) is 50.9 Å². The fourth-order valence-electron chi connectivity index (χ4n) is 2.71. The minimum Gasteiger partial charge on any atom is -0.306 e. The van der Waals surface area contributed by atoms with Crippen molar-refractivity contribution < 1.29 is 0 Å². The molecule has 0 spiro atoms. The summed E-state index contributed by atoms with van der Waals surface area (Å²) in [7, 11) is 0. The Kier molecular flexibility index (Phi) is 5.13. The molecule has 3 unspecified atom stereocenters. The predicted molar refractivity (Wildman–Crippen MR) is 82.1 cm³/mol. The monoisotopic (exact) mass is 263 g/mol. The summed E-state index contributed by atoms with van der Waals surface area (Å²) in [5, 5.41) is 4.64. The number of hydrogen-bond donors (Lipinski definition) is 1. The predicted octanol–water partition coefficient (Wildman–Crippen LogP) is 4.26. The van der Waals surface area contributed by atoms with Crippen LogP contribution in [0.1, 0.15) is 45.2 Å². The van der Waals surface area contributed by atoms with Gasteiger partial charge in [-0.3, -0.25) is 0 Å². The van der Waals surface area contributed by atoms with Crippen LogP contribution in [-0.2, 0) is 0 Å². The third-order valence-corrected chi connectivity index (χ3v) is 5.20. The van der Waals surface area contributed by atoms with Gasteiger partial charge in [0, 0.05) is 17.3 Å². The molecule has 0 amide bonds. The quantitative estimate of drug-likeness (QED) is 0.871. The Labute approximate surface area is 116 Å². The molecule has 100 valence electrons. The molecule has 1 aliphatic rings. The second-order valence-electron chi connectivity index (χ2n) is 5.62. The lowest BCUT2D eigenvalue weighted by Crippen LogP contribution is -2.42. The minimum absolute atomic E-state index is 0.484. The molecular formula is C16H25NS. The van der Waals surface area contributed by atoms with Gasteiger partial charge < -0.3 is 5.32 Å². The fourth-order valence-corrected chi connectivity index (χ4v) is 3.86. The summed E-state index contributed by atoms with van der Waals surface area (Å²) in [5.41, 5.74) is 1.43. The number of benzene rings is 1. The highest BCUT2D eigenvalue weighted by Gasteiger charge is 2.26. The van der Waals surface area contributed by atoms with Crippen molar-refractivity contribution in [1.82, 2.24) is 5.32 Å². The van der Waals surface area contributed by atoms with Gasteiger partial charge in [-0.25, -0.2) is 0 Å². The Balaban J connectivity index is 2.07. The molecule has 1 fully saturated rings. The van der Waals surface area contributed by atoms with Gasteiger partial charge in [0.25, 0.3) is 0 Å². The Morgan fingerprint density at radius 1 is 1.22 bits per heavy atom. The van der Waals surface area contributed by atoms with E-state index in [-0.39, 0.29) is 0 Å². The van der Waals surface area contributed by atoms with E-state index in [9.17, 15) is 0 Å². The Morgan fingerprint density at radius 2 is 1.94 bits per heavy atom. The van der Waals surface area contributed by atoms with Gasteiger partial charge in [0.15, 0.2) is 0 Å². The van der Waals surface area contributed by atoms with Crippen LogP contribution in [0.2, 0.25) is 0 Å². The van der Waals surface area contributed by atoms with Gasteiger partial charge in [0.2, 0.25) is 0 Å². The van der Waals surface area contributed by atoms with Crippen LogP contribution in [0, 0.1) is 5.92 Å². The smallest absolute Gasteiger partial charge is 0.0346 e. The first-order valence-electron chi connectivity index (χ1n) is 7.11. The molecule has 1 aliphatic heterocycles. The highest BCUT2D eigenvalue weighted by atomic mass is 32.2. The molecule has 0 aliphatic carbocycles. The number of nitrogens with one attached hydrogen (secondary N) is 1. The highest BCUT2D eigenvalue weighted by molar-refractivity contribution is 7.99. The van der Waals surface area contributed by atoms with Gasteiger partial charge in [0.05, 0.1) is 0 Å². The van der Waals surface area contributed by atoms with Crippen LogP contribution < -0.4 is 5.32 Å². The van der Waals surface area contributed by atoms with Gasteiger partial charge in [-0.2, -0.15) is 11.8 Å². The molecule has 2 rings (SSSR count). The Morgan fingerprint density at radius 3 is 2.56 bits per heavy atom. The molecule has 0 aromatic heterocycles. The summed E-state index contributed by atoms with van der Waals surface area (Å²) in [6, 6.07) is 12.0. The molecule has 18 heavy (non-hydrogen) atoms. The molecule has 1 aromatic carbocycles. The lowest BCUT2D eigenvalue weighted by atomic mass is 9.94. The minimum atomic E-state index is 0.484. The number of rotatable bonds is 4. The van der Waals surface area contributed by atoms with Crippen LogP contribution in [0.3, 0.4) is 0 Å². The molecule has 1 aromatic rings. The summed E-state index contributed by atoms with van der Waals surface area (Å²) < 4.78 is 0. The van der Waals surface area contributed by atoms with Crippen molar-refractivity contribution in [1.29, 1.82) is 0 Å². The molecule has 0 saturated carbocycles. The van der Waals surface area contributed by atoms with E-state index >= 15 is 0 Å².